The molecule has 0 aromatic heterocycles. The van der Waals surface area contributed by atoms with Gasteiger partial charge in [0.1, 0.15) is 6.04 Å². The molecule has 1 fully saturated rings. The second kappa shape index (κ2) is 5.00. The number of aryl methyl sites for hydroxylation is 1. The summed E-state index contributed by atoms with van der Waals surface area (Å²) in [5.41, 5.74) is 2.44. The minimum Gasteiger partial charge on any atom is -0.376 e. The lowest BCUT2D eigenvalue weighted by Crippen LogP contribution is -2.44. The molecular weight excluding hydrogens is 200 g/mol. The summed E-state index contributed by atoms with van der Waals surface area (Å²) in [7, 11) is 0. The fourth-order valence-electron chi connectivity index (χ4n) is 1.94. The number of rotatable bonds is 2. The Balaban J connectivity index is 2.18. The van der Waals surface area contributed by atoms with Crippen LogP contribution in [0.1, 0.15) is 12.5 Å². The molecule has 0 amide bonds. The lowest BCUT2D eigenvalue weighted by Gasteiger charge is -2.33. The molecule has 0 saturated carbocycles. The Labute approximate surface area is 96.2 Å². The average Bonchev–Trinajstić information content (AvgIpc) is 2.39. The van der Waals surface area contributed by atoms with Gasteiger partial charge in [-0.2, -0.15) is 5.26 Å². The SMILES string of the molecule is CCc1ccc(N2CCOCC2C#N)cc1. The standard InChI is InChI=1S/C13H16N2O/c1-2-11-3-5-12(6-4-11)15-7-8-16-10-13(15)9-14/h3-6,13H,2,7-8,10H2,1H3. The number of benzene rings is 1. The Morgan fingerprint density at radius 2 is 2.19 bits per heavy atom. The highest BCUT2D eigenvalue weighted by atomic mass is 16.5. The number of ether oxygens (including phenoxy) is 1. The van der Waals surface area contributed by atoms with Crippen LogP contribution in [0.2, 0.25) is 0 Å². The van der Waals surface area contributed by atoms with Crippen molar-refractivity contribution in [3.63, 3.8) is 0 Å². The predicted octanol–water partition coefficient (Wildman–Crippen LogP) is 1.98. The van der Waals surface area contributed by atoms with E-state index in [4.69, 9.17) is 10.00 Å². The molecule has 1 saturated heterocycles. The van der Waals surface area contributed by atoms with Crippen LogP contribution >= 0.6 is 0 Å². The Morgan fingerprint density at radius 3 is 2.81 bits per heavy atom. The predicted molar refractivity (Wildman–Crippen MR) is 63.4 cm³/mol. The maximum absolute atomic E-state index is 9.05. The third-order valence-corrected chi connectivity index (χ3v) is 2.95. The van der Waals surface area contributed by atoms with Crippen LogP contribution in [0.3, 0.4) is 0 Å². The molecule has 1 aromatic rings. The molecular formula is C13H16N2O. The van der Waals surface area contributed by atoms with Crippen LogP contribution in [0.15, 0.2) is 24.3 Å². The smallest absolute Gasteiger partial charge is 0.140 e. The van der Waals surface area contributed by atoms with Crippen LogP contribution in [-0.2, 0) is 11.2 Å². The minimum atomic E-state index is -0.152. The van der Waals surface area contributed by atoms with Gasteiger partial charge in [-0.05, 0) is 24.1 Å². The molecule has 0 aliphatic carbocycles. The number of anilines is 1. The number of morpholine rings is 1. The van der Waals surface area contributed by atoms with Crippen molar-refractivity contribution in [3.8, 4) is 6.07 Å². The Morgan fingerprint density at radius 1 is 1.44 bits per heavy atom. The molecule has 1 aliphatic rings. The monoisotopic (exact) mass is 216 g/mol. The lowest BCUT2D eigenvalue weighted by molar-refractivity contribution is 0.107. The van der Waals surface area contributed by atoms with Crippen molar-refractivity contribution < 1.29 is 4.74 Å². The first-order valence-electron chi connectivity index (χ1n) is 5.68. The van der Waals surface area contributed by atoms with Gasteiger partial charge < -0.3 is 9.64 Å². The van der Waals surface area contributed by atoms with E-state index in [0.717, 1.165) is 18.7 Å². The van der Waals surface area contributed by atoms with E-state index in [9.17, 15) is 0 Å². The zero-order chi connectivity index (χ0) is 11.4. The average molecular weight is 216 g/mol. The van der Waals surface area contributed by atoms with Crippen LogP contribution < -0.4 is 4.90 Å². The molecule has 1 atom stereocenters. The topological polar surface area (TPSA) is 36.3 Å². The van der Waals surface area contributed by atoms with E-state index in [1.165, 1.54) is 5.56 Å². The summed E-state index contributed by atoms with van der Waals surface area (Å²) < 4.78 is 5.31. The third kappa shape index (κ3) is 2.17. The van der Waals surface area contributed by atoms with Crippen LogP contribution in [0.5, 0.6) is 0 Å². The van der Waals surface area contributed by atoms with Gasteiger partial charge in [0.15, 0.2) is 0 Å². The molecule has 1 aromatic carbocycles. The van der Waals surface area contributed by atoms with Crippen LogP contribution in [0.25, 0.3) is 0 Å². The van der Waals surface area contributed by atoms with E-state index in [1.54, 1.807) is 0 Å². The minimum absolute atomic E-state index is 0.152. The zero-order valence-corrected chi connectivity index (χ0v) is 9.52. The number of nitrogens with zero attached hydrogens (tertiary/aromatic N) is 2. The molecule has 1 unspecified atom stereocenters. The summed E-state index contributed by atoms with van der Waals surface area (Å²) in [5, 5.41) is 9.05. The third-order valence-electron chi connectivity index (χ3n) is 2.95. The Bertz CT molecular complexity index is 380. The second-order valence-corrected chi connectivity index (χ2v) is 3.93. The lowest BCUT2D eigenvalue weighted by atomic mass is 10.1. The molecule has 1 aliphatic heterocycles. The van der Waals surface area contributed by atoms with Crippen molar-refractivity contribution in [1.29, 1.82) is 5.26 Å². The fraction of sp³-hybridized carbons (Fsp3) is 0.462. The molecule has 0 radical (unpaired) electrons. The molecule has 3 heteroatoms. The van der Waals surface area contributed by atoms with Crippen molar-refractivity contribution in [1.82, 2.24) is 0 Å². The van der Waals surface area contributed by atoms with Crippen LogP contribution in [-0.4, -0.2) is 25.8 Å². The summed E-state index contributed by atoms with van der Waals surface area (Å²) in [5.74, 6) is 0. The number of hydrogen-bond acceptors (Lipinski definition) is 3. The van der Waals surface area contributed by atoms with Gasteiger partial charge in [0.2, 0.25) is 0 Å². The van der Waals surface area contributed by atoms with Gasteiger partial charge in [-0.15, -0.1) is 0 Å². The van der Waals surface area contributed by atoms with Gasteiger partial charge in [0.25, 0.3) is 0 Å². The first kappa shape index (κ1) is 11.0. The van der Waals surface area contributed by atoms with Crippen molar-refractivity contribution in [2.24, 2.45) is 0 Å². The zero-order valence-electron chi connectivity index (χ0n) is 9.52. The highest BCUT2D eigenvalue weighted by Gasteiger charge is 2.22. The highest BCUT2D eigenvalue weighted by molar-refractivity contribution is 5.50. The highest BCUT2D eigenvalue weighted by Crippen LogP contribution is 2.20. The molecule has 2 rings (SSSR count). The van der Waals surface area contributed by atoms with E-state index in [-0.39, 0.29) is 6.04 Å². The molecule has 3 nitrogen and oxygen atoms in total. The number of nitriles is 1. The van der Waals surface area contributed by atoms with E-state index in [2.05, 4.69) is 42.2 Å². The maximum atomic E-state index is 9.05. The maximum Gasteiger partial charge on any atom is 0.140 e. The van der Waals surface area contributed by atoms with Gasteiger partial charge in [-0.25, -0.2) is 0 Å². The van der Waals surface area contributed by atoms with Crippen molar-refractivity contribution in [2.45, 2.75) is 19.4 Å². The molecule has 0 spiro atoms. The van der Waals surface area contributed by atoms with E-state index >= 15 is 0 Å². The quantitative estimate of drug-likeness (QED) is 0.758. The molecule has 16 heavy (non-hydrogen) atoms. The van der Waals surface area contributed by atoms with Gasteiger partial charge in [-0.3, -0.25) is 0 Å². The second-order valence-electron chi connectivity index (χ2n) is 3.93. The summed E-state index contributed by atoms with van der Waals surface area (Å²) in [6, 6.07) is 10.6. The van der Waals surface area contributed by atoms with Gasteiger partial charge >= 0.3 is 0 Å². The molecule has 0 bridgehead atoms. The number of hydrogen-bond donors (Lipinski definition) is 0. The van der Waals surface area contributed by atoms with Crippen molar-refractivity contribution in [2.75, 3.05) is 24.7 Å². The van der Waals surface area contributed by atoms with Crippen molar-refractivity contribution in [3.05, 3.63) is 29.8 Å². The fourth-order valence-corrected chi connectivity index (χ4v) is 1.94. The van der Waals surface area contributed by atoms with Gasteiger partial charge in [0.05, 0.1) is 19.3 Å². The van der Waals surface area contributed by atoms with E-state index in [1.807, 2.05) is 0 Å². The Hall–Kier alpha value is -1.53. The van der Waals surface area contributed by atoms with Crippen LogP contribution in [0, 0.1) is 11.3 Å². The summed E-state index contributed by atoms with van der Waals surface area (Å²) in [4.78, 5) is 2.11. The van der Waals surface area contributed by atoms with E-state index in [0.29, 0.717) is 13.2 Å². The normalized spacial score (nSPS) is 20.5. The van der Waals surface area contributed by atoms with Gasteiger partial charge in [0, 0.05) is 12.2 Å². The first-order chi connectivity index (χ1) is 7.85. The van der Waals surface area contributed by atoms with Crippen molar-refractivity contribution >= 4 is 5.69 Å². The summed E-state index contributed by atoms with van der Waals surface area (Å²) >= 11 is 0. The Kier molecular flexibility index (Phi) is 3.43. The molecule has 1 heterocycles. The first-order valence-corrected chi connectivity index (χ1v) is 5.68. The van der Waals surface area contributed by atoms with Gasteiger partial charge in [-0.1, -0.05) is 19.1 Å². The van der Waals surface area contributed by atoms with Crippen LogP contribution in [0.4, 0.5) is 5.69 Å². The summed E-state index contributed by atoms with van der Waals surface area (Å²) in [6.07, 6.45) is 1.05. The summed E-state index contributed by atoms with van der Waals surface area (Å²) in [6.45, 7) is 4.14. The molecule has 0 N–H and O–H groups in total. The molecule has 84 valence electrons. The largest absolute Gasteiger partial charge is 0.376 e. The van der Waals surface area contributed by atoms with E-state index < -0.39 is 0 Å².